The molecule has 0 unspecified atom stereocenters. The van der Waals surface area contributed by atoms with Gasteiger partial charge < -0.3 is 27.5 Å². The zero-order chi connectivity index (χ0) is 54.5. The van der Waals surface area contributed by atoms with Crippen LogP contribution in [0.25, 0.3) is 109 Å². The summed E-state index contributed by atoms with van der Waals surface area (Å²) in [5.41, 5.74) is 16.9. The number of hydrogen-bond donors (Lipinski definition) is 0. The molecular weight excluding hydrogens is 983 g/mol. The Morgan fingerprint density at radius 1 is 0.350 bits per heavy atom. The highest BCUT2D eigenvalue weighted by atomic mass is 16.3. The number of para-hydroxylation sites is 6. The summed E-state index contributed by atoms with van der Waals surface area (Å²) in [6, 6.07) is 69.0. The fraction of sp³-hybridized carbons (Fsp3) is 0.137. The summed E-state index contributed by atoms with van der Waals surface area (Å²) in [5.74, 6) is 0. The van der Waals surface area contributed by atoms with Crippen LogP contribution >= 0.6 is 0 Å². The quantitative estimate of drug-likeness (QED) is 0.164. The van der Waals surface area contributed by atoms with Gasteiger partial charge in [-0.3, -0.25) is 0 Å². The van der Waals surface area contributed by atoms with Gasteiger partial charge in [0.15, 0.2) is 16.7 Å². The molecule has 0 aliphatic heterocycles. The molecule has 0 fully saturated rings. The van der Waals surface area contributed by atoms with Gasteiger partial charge in [-0.25, -0.2) is 0 Å². The van der Waals surface area contributed by atoms with Crippen LogP contribution in [0.4, 0.5) is 34.1 Å². The lowest BCUT2D eigenvalue weighted by molar-refractivity contribution is 0.572. The Balaban J connectivity index is 0.883. The Hall–Kier alpha value is -9.77. The van der Waals surface area contributed by atoms with Crippen molar-refractivity contribution < 1.29 is 17.7 Å². The molecule has 11 aromatic carbocycles. The lowest BCUT2D eigenvalue weighted by Gasteiger charge is -2.27. The van der Waals surface area contributed by atoms with Crippen LogP contribution < -0.4 is 9.80 Å². The van der Waals surface area contributed by atoms with E-state index in [1.54, 1.807) is 0 Å². The average molecular weight is 1040 g/mol. The minimum Gasteiger partial charge on any atom is -0.456 e. The highest BCUT2D eigenvalue weighted by Crippen LogP contribution is 2.50. The van der Waals surface area contributed by atoms with E-state index in [2.05, 4.69) is 253 Å². The summed E-state index contributed by atoms with van der Waals surface area (Å²) in [5, 5.41) is 22.8. The lowest BCUT2D eigenvalue weighted by atomic mass is 9.86. The summed E-state index contributed by atoms with van der Waals surface area (Å²) in [6.45, 7) is 17.7. The van der Waals surface area contributed by atoms with E-state index in [-0.39, 0.29) is 10.8 Å². The monoisotopic (exact) mass is 1040 g/mol. The SMILES string of the molecule is Cc1ccccc1N(c1ccc2cc3c(cc2c1)oc1cc(C#N)c2oc4cc5cc(N(c6ccccc6C)c6cccc7c6oc6c(C(C)(C)C)cccc67)ccc5cc4c2c13)c1cccc2c1oc1c(C(C)(C)C)cccc12. The first-order valence-electron chi connectivity index (χ1n) is 27.4. The number of benzene rings is 11. The van der Waals surface area contributed by atoms with Crippen LogP contribution in [-0.2, 0) is 10.8 Å². The van der Waals surface area contributed by atoms with Crippen molar-refractivity contribution in [3.05, 3.63) is 216 Å². The van der Waals surface area contributed by atoms with Crippen molar-refractivity contribution in [1.29, 1.82) is 5.26 Å². The number of rotatable bonds is 6. The van der Waals surface area contributed by atoms with Crippen LogP contribution in [0.5, 0.6) is 0 Å². The molecule has 7 heteroatoms. The number of nitriles is 1. The van der Waals surface area contributed by atoms with Crippen molar-refractivity contribution in [3.8, 4) is 6.07 Å². The molecule has 80 heavy (non-hydrogen) atoms. The predicted molar refractivity (Wildman–Crippen MR) is 332 cm³/mol. The third-order valence-corrected chi connectivity index (χ3v) is 16.5. The van der Waals surface area contributed by atoms with Gasteiger partial charge in [0.2, 0.25) is 0 Å². The van der Waals surface area contributed by atoms with Crippen LogP contribution in [0.2, 0.25) is 0 Å². The first kappa shape index (κ1) is 47.4. The van der Waals surface area contributed by atoms with Crippen LogP contribution in [0.15, 0.2) is 206 Å². The maximum absolute atomic E-state index is 10.7. The molecule has 7 nitrogen and oxygen atoms in total. The molecule has 0 saturated carbocycles. The van der Waals surface area contributed by atoms with E-state index in [4.69, 9.17) is 17.7 Å². The van der Waals surface area contributed by atoms with Gasteiger partial charge in [-0.15, -0.1) is 0 Å². The third-order valence-electron chi connectivity index (χ3n) is 16.5. The normalized spacial score (nSPS) is 12.5. The Kier molecular flexibility index (Phi) is 10.1. The van der Waals surface area contributed by atoms with Crippen molar-refractivity contribution in [2.75, 3.05) is 9.80 Å². The minimum atomic E-state index is -0.106. The zero-order valence-corrected chi connectivity index (χ0v) is 45.9. The number of hydrogen-bond acceptors (Lipinski definition) is 7. The molecule has 0 aliphatic rings. The molecule has 4 aromatic heterocycles. The molecule has 0 spiro atoms. The zero-order valence-electron chi connectivity index (χ0n) is 45.9. The van der Waals surface area contributed by atoms with Crippen molar-refractivity contribution in [3.63, 3.8) is 0 Å². The first-order chi connectivity index (χ1) is 38.7. The van der Waals surface area contributed by atoms with Crippen molar-refractivity contribution in [2.45, 2.75) is 66.2 Å². The number of furan rings is 4. The molecule has 4 heterocycles. The number of anilines is 6. The number of aryl methyl sites for hydroxylation is 2. The topological polar surface area (TPSA) is 82.8 Å². The van der Waals surface area contributed by atoms with E-state index in [9.17, 15) is 5.26 Å². The molecule has 0 radical (unpaired) electrons. The highest BCUT2D eigenvalue weighted by Gasteiger charge is 2.28. The van der Waals surface area contributed by atoms with E-state index in [0.717, 1.165) is 138 Å². The molecule has 0 amide bonds. The largest absolute Gasteiger partial charge is 0.456 e. The maximum Gasteiger partial charge on any atom is 0.159 e. The first-order valence-corrected chi connectivity index (χ1v) is 27.4. The summed E-state index contributed by atoms with van der Waals surface area (Å²) in [6.07, 6.45) is 0. The molecule has 0 aliphatic carbocycles. The fourth-order valence-electron chi connectivity index (χ4n) is 12.6. The molecule has 386 valence electrons. The molecule has 0 atom stereocenters. The average Bonchev–Trinajstić information content (AvgIpc) is 4.42. The molecular formula is C73H55N3O4. The molecule has 0 N–H and O–H groups in total. The van der Waals surface area contributed by atoms with E-state index in [1.807, 2.05) is 6.07 Å². The summed E-state index contributed by atoms with van der Waals surface area (Å²) < 4.78 is 27.6. The van der Waals surface area contributed by atoms with Gasteiger partial charge >= 0.3 is 0 Å². The lowest BCUT2D eigenvalue weighted by Crippen LogP contribution is -2.11. The van der Waals surface area contributed by atoms with Gasteiger partial charge in [-0.05, 0) is 130 Å². The van der Waals surface area contributed by atoms with E-state index < -0.39 is 0 Å². The Morgan fingerprint density at radius 3 is 1.26 bits per heavy atom. The van der Waals surface area contributed by atoms with Crippen LogP contribution in [0.3, 0.4) is 0 Å². The summed E-state index contributed by atoms with van der Waals surface area (Å²) >= 11 is 0. The Bertz CT molecular complexity index is 5160. The summed E-state index contributed by atoms with van der Waals surface area (Å²) in [4.78, 5) is 4.63. The Morgan fingerprint density at radius 2 is 0.787 bits per heavy atom. The maximum atomic E-state index is 10.7. The van der Waals surface area contributed by atoms with Gasteiger partial charge in [0.1, 0.15) is 34.0 Å². The highest BCUT2D eigenvalue weighted by molar-refractivity contribution is 6.29. The van der Waals surface area contributed by atoms with Gasteiger partial charge in [-0.2, -0.15) is 5.26 Å². The minimum absolute atomic E-state index is 0.104. The van der Waals surface area contributed by atoms with Crippen molar-refractivity contribution >= 4 is 143 Å². The molecule has 15 rings (SSSR count). The number of fused-ring (bicyclic) bond motifs is 15. The predicted octanol–water partition coefficient (Wildman–Crippen LogP) is 21.6. The van der Waals surface area contributed by atoms with Crippen LogP contribution in [0, 0.1) is 25.2 Å². The van der Waals surface area contributed by atoms with Gasteiger partial charge in [0, 0.05) is 83.0 Å². The van der Waals surface area contributed by atoms with E-state index in [0.29, 0.717) is 22.3 Å². The van der Waals surface area contributed by atoms with Gasteiger partial charge in [-0.1, -0.05) is 151 Å². The molecule has 0 bridgehead atoms. The standard InChI is InChI=1S/C73H55N3O4/c1-41-17-9-11-25-58(41)75(60-27-15-21-52-50-19-13-23-56(72(3,4)5)68(50)79-70(52)60)48-31-29-43-35-54-62(37-45(43)33-48)77-64-39-47(40-74)67-66(65(54)64)55-36-44-30-32-49(34-46(44)38-63(55)78-67)76(59-26-12-10-18-42(59)2)61-28-16-22-53-51-20-14-24-57(73(6,7)8)69(51)80-71(53)61/h9-39H,1-8H3. The smallest absolute Gasteiger partial charge is 0.159 e. The fourth-order valence-corrected chi connectivity index (χ4v) is 12.6. The third kappa shape index (κ3) is 7.11. The second-order valence-electron chi connectivity index (χ2n) is 23.7. The number of nitrogens with zero attached hydrogens (tertiary/aromatic N) is 3. The summed E-state index contributed by atoms with van der Waals surface area (Å²) in [7, 11) is 0. The van der Waals surface area contributed by atoms with Crippen molar-refractivity contribution in [1.82, 2.24) is 0 Å². The van der Waals surface area contributed by atoms with E-state index >= 15 is 0 Å². The van der Waals surface area contributed by atoms with Gasteiger partial charge in [0.25, 0.3) is 0 Å². The van der Waals surface area contributed by atoms with Gasteiger partial charge in [0.05, 0.1) is 16.9 Å². The van der Waals surface area contributed by atoms with Crippen molar-refractivity contribution in [2.24, 2.45) is 0 Å². The second-order valence-corrected chi connectivity index (χ2v) is 23.7. The molecule has 15 aromatic rings. The Labute approximate surface area is 462 Å². The van der Waals surface area contributed by atoms with Crippen LogP contribution in [0.1, 0.15) is 69.4 Å². The van der Waals surface area contributed by atoms with E-state index in [1.165, 1.54) is 11.1 Å². The van der Waals surface area contributed by atoms with Crippen LogP contribution in [-0.4, -0.2) is 0 Å². The molecule has 0 saturated heterocycles. The second kappa shape index (κ2) is 17.1.